The number of carboxylic acid groups (broad SMARTS) is 1. The van der Waals surface area contributed by atoms with Crippen LogP contribution in [0, 0.1) is 0 Å². The van der Waals surface area contributed by atoms with E-state index in [0.717, 1.165) is 17.4 Å². The number of nitrogens with zero attached hydrogens (tertiary/aromatic N) is 2. The highest BCUT2D eigenvalue weighted by molar-refractivity contribution is 7.92. The molecule has 0 saturated heterocycles. The van der Waals surface area contributed by atoms with Gasteiger partial charge in [0, 0.05) is 24.8 Å². The molecule has 2 heterocycles. The highest BCUT2D eigenvalue weighted by Crippen LogP contribution is 2.21. The Labute approximate surface area is 125 Å². The van der Waals surface area contributed by atoms with Crippen molar-refractivity contribution < 1.29 is 23.1 Å². The Balaban J connectivity index is 2.13. The van der Waals surface area contributed by atoms with Gasteiger partial charge in [0.15, 0.2) is 5.82 Å². The fourth-order valence-electron chi connectivity index (χ4n) is 1.49. The lowest BCUT2D eigenvalue weighted by atomic mass is 10.5. The minimum atomic E-state index is -3.84. The van der Waals surface area contributed by atoms with Crippen LogP contribution in [-0.4, -0.2) is 43.0 Å². The van der Waals surface area contributed by atoms with Crippen molar-refractivity contribution in [1.29, 1.82) is 0 Å². The maximum Gasteiger partial charge on any atom is 0.345 e. The van der Waals surface area contributed by atoms with Gasteiger partial charge in [0.05, 0.1) is 18.0 Å². The van der Waals surface area contributed by atoms with E-state index in [2.05, 4.69) is 9.82 Å². The van der Waals surface area contributed by atoms with Gasteiger partial charge in [-0.15, -0.1) is 11.3 Å². The summed E-state index contributed by atoms with van der Waals surface area (Å²) >= 11 is 0.851. The molecular formula is C11H13N3O5S2. The molecule has 8 nitrogen and oxygen atoms in total. The van der Waals surface area contributed by atoms with Gasteiger partial charge in [-0.1, -0.05) is 0 Å². The van der Waals surface area contributed by atoms with Crippen LogP contribution in [0.15, 0.2) is 28.6 Å². The molecule has 0 radical (unpaired) electrons. The van der Waals surface area contributed by atoms with Crippen LogP contribution in [0.5, 0.6) is 0 Å². The van der Waals surface area contributed by atoms with E-state index in [4.69, 9.17) is 9.84 Å². The Bertz CT molecular complexity index is 735. The van der Waals surface area contributed by atoms with Gasteiger partial charge in [-0.3, -0.25) is 9.40 Å². The van der Waals surface area contributed by atoms with Gasteiger partial charge in [0.1, 0.15) is 4.88 Å². The van der Waals surface area contributed by atoms with Gasteiger partial charge < -0.3 is 9.84 Å². The highest BCUT2D eigenvalue weighted by atomic mass is 32.2. The van der Waals surface area contributed by atoms with Crippen LogP contribution < -0.4 is 4.72 Å². The van der Waals surface area contributed by atoms with Crippen LogP contribution in [0.3, 0.4) is 0 Å². The Kier molecular flexibility index (Phi) is 4.60. The lowest BCUT2D eigenvalue weighted by Crippen LogP contribution is -2.13. The number of carboxylic acids is 1. The third kappa shape index (κ3) is 3.80. The summed E-state index contributed by atoms with van der Waals surface area (Å²) in [6, 6.07) is 2.62. The average molecular weight is 331 g/mol. The van der Waals surface area contributed by atoms with Crippen molar-refractivity contribution in [2.75, 3.05) is 18.4 Å². The minimum Gasteiger partial charge on any atom is -0.477 e. The topological polar surface area (TPSA) is 111 Å². The zero-order valence-corrected chi connectivity index (χ0v) is 12.6. The maximum absolute atomic E-state index is 12.1. The molecule has 2 rings (SSSR count). The summed E-state index contributed by atoms with van der Waals surface area (Å²) in [6.07, 6.45) is 1.62. The molecule has 0 fully saturated rings. The summed E-state index contributed by atoms with van der Waals surface area (Å²) < 4.78 is 32.9. The molecule has 0 bridgehead atoms. The smallest absolute Gasteiger partial charge is 0.345 e. The predicted molar refractivity (Wildman–Crippen MR) is 76.2 cm³/mol. The van der Waals surface area contributed by atoms with Crippen molar-refractivity contribution in [2.24, 2.45) is 0 Å². The number of nitrogens with one attached hydrogen (secondary N) is 1. The summed E-state index contributed by atoms with van der Waals surface area (Å²) in [5.74, 6) is -1.00. The number of aromatic nitrogens is 2. The van der Waals surface area contributed by atoms with Gasteiger partial charge in [0.2, 0.25) is 0 Å². The quantitative estimate of drug-likeness (QED) is 0.786. The van der Waals surface area contributed by atoms with Gasteiger partial charge in [-0.05, 0) is 6.07 Å². The number of hydrogen-bond donors (Lipinski definition) is 2. The molecule has 21 heavy (non-hydrogen) atoms. The van der Waals surface area contributed by atoms with Gasteiger partial charge >= 0.3 is 5.97 Å². The van der Waals surface area contributed by atoms with Crippen molar-refractivity contribution >= 4 is 33.1 Å². The first-order valence-corrected chi connectivity index (χ1v) is 8.15. The Morgan fingerprint density at radius 3 is 2.95 bits per heavy atom. The van der Waals surface area contributed by atoms with Crippen molar-refractivity contribution in [1.82, 2.24) is 9.78 Å². The van der Waals surface area contributed by atoms with Crippen molar-refractivity contribution in [2.45, 2.75) is 11.4 Å². The van der Waals surface area contributed by atoms with Crippen molar-refractivity contribution in [3.63, 3.8) is 0 Å². The number of carbonyl (C=O) groups is 1. The molecule has 114 valence electrons. The predicted octanol–water partition coefficient (Wildman–Crippen LogP) is 1.09. The third-order valence-corrected chi connectivity index (χ3v) is 4.90. The first-order chi connectivity index (χ1) is 9.92. The second-order valence-electron chi connectivity index (χ2n) is 4.01. The lowest BCUT2D eigenvalue weighted by Gasteiger charge is -2.03. The van der Waals surface area contributed by atoms with E-state index >= 15 is 0 Å². The molecule has 2 N–H and O–H groups in total. The van der Waals surface area contributed by atoms with Crippen LogP contribution in [0.1, 0.15) is 9.67 Å². The first-order valence-electron chi connectivity index (χ1n) is 5.79. The van der Waals surface area contributed by atoms with Gasteiger partial charge in [-0.25, -0.2) is 13.2 Å². The van der Waals surface area contributed by atoms with E-state index in [1.54, 1.807) is 13.3 Å². The van der Waals surface area contributed by atoms with Crippen LogP contribution in [0.4, 0.5) is 5.82 Å². The molecule has 2 aromatic heterocycles. The number of anilines is 1. The van der Waals surface area contributed by atoms with Crippen LogP contribution in [-0.2, 0) is 21.3 Å². The third-order valence-electron chi connectivity index (χ3n) is 2.50. The van der Waals surface area contributed by atoms with Crippen LogP contribution in [0.2, 0.25) is 0 Å². The maximum atomic E-state index is 12.1. The number of aromatic carboxylic acids is 1. The van der Waals surface area contributed by atoms with Crippen molar-refractivity contribution in [3.8, 4) is 0 Å². The number of ether oxygens (including phenoxy) is 1. The molecule has 0 saturated carbocycles. The van der Waals surface area contributed by atoms with Gasteiger partial charge in [0.25, 0.3) is 10.0 Å². The van der Waals surface area contributed by atoms with E-state index in [1.807, 2.05) is 0 Å². The summed E-state index contributed by atoms with van der Waals surface area (Å²) in [5, 5.41) is 14.1. The van der Waals surface area contributed by atoms with Gasteiger partial charge in [-0.2, -0.15) is 5.10 Å². The number of rotatable bonds is 7. The average Bonchev–Trinajstić information content (AvgIpc) is 3.04. The molecule has 0 aromatic carbocycles. The Morgan fingerprint density at radius 1 is 1.57 bits per heavy atom. The second kappa shape index (κ2) is 6.24. The normalized spacial score (nSPS) is 11.5. The minimum absolute atomic E-state index is 0.0407. The van der Waals surface area contributed by atoms with E-state index in [0.29, 0.717) is 13.2 Å². The number of thiophene rings is 1. The fraction of sp³-hybridized carbons (Fsp3) is 0.273. The van der Waals surface area contributed by atoms with Crippen LogP contribution >= 0.6 is 11.3 Å². The molecule has 2 aromatic rings. The molecule has 0 aliphatic heterocycles. The van der Waals surface area contributed by atoms with Crippen molar-refractivity contribution in [3.05, 3.63) is 28.6 Å². The molecule has 0 amide bonds. The molecular weight excluding hydrogens is 318 g/mol. The zero-order valence-electron chi connectivity index (χ0n) is 11.0. The first kappa shape index (κ1) is 15.5. The number of hydrogen-bond acceptors (Lipinski definition) is 6. The Hall–Kier alpha value is -1.91. The van der Waals surface area contributed by atoms with E-state index < -0.39 is 16.0 Å². The summed E-state index contributed by atoms with van der Waals surface area (Å²) in [4.78, 5) is 10.6. The molecule has 10 heteroatoms. The lowest BCUT2D eigenvalue weighted by molar-refractivity contribution is 0.0702. The zero-order chi connectivity index (χ0) is 15.5. The SMILES string of the molecule is COCCn1ccc(NS(=O)(=O)c2csc(C(=O)O)c2)n1. The second-order valence-corrected chi connectivity index (χ2v) is 6.61. The molecule has 0 spiro atoms. The standard InChI is InChI=1S/C11H13N3O5S2/c1-19-5-4-14-3-2-10(12-14)13-21(17,18)8-6-9(11(15)16)20-7-8/h2-3,6-7H,4-5H2,1H3,(H,12,13)(H,15,16). The Morgan fingerprint density at radius 2 is 2.33 bits per heavy atom. The number of sulfonamides is 1. The summed E-state index contributed by atoms with van der Waals surface area (Å²) in [7, 11) is -2.28. The molecule has 0 atom stereocenters. The summed E-state index contributed by atoms with van der Waals surface area (Å²) in [5.41, 5.74) is 0. The molecule has 0 unspecified atom stereocenters. The van der Waals surface area contributed by atoms with E-state index in [-0.39, 0.29) is 15.6 Å². The van der Waals surface area contributed by atoms with E-state index in [9.17, 15) is 13.2 Å². The summed E-state index contributed by atoms with van der Waals surface area (Å²) in [6.45, 7) is 0.959. The largest absolute Gasteiger partial charge is 0.477 e. The monoisotopic (exact) mass is 331 g/mol. The highest BCUT2D eigenvalue weighted by Gasteiger charge is 2.19. The van der Waals surface area contributed by atoms with Crippen LogP contribution in [0.25, 0.3) is 0 Å². The molecule has 0 aliphatic carbocycles. The number of methoxy groups -OCH3 is 1. The molecule has 0 aliphatic rings. The fourth-order valence-corrected chi connectivity index (χ4v) is 3.60. The van der Waals surface area contributed by atoms with E-state index in [1.165, 1.54) is 16.1 Å².